The zero-order valence-corrected chi connectivity index (χ0v) is 16.0. The second-order valence-corrected chi connectivity index (χ2v) is 6.90. The molecular formula is C20H27N3O3. The minimum absolute atomic E-state index is 0.102. The van der Waals surface area contributed by atoms with Crippen LogP contribution in [0.15, 0.2) is 24.3 Å². The Bertz CT molecular complexity index is 793. The molecule has 1 aromatic carbocycles. The van der Waals surface area contributed by atoms with Gasteiger partial charge in [-0.15, -0.1) is 0 Å². The molecule has 6 nitrogen and oxygen atoms in total. The fraction of sp³-hybridized carbons (Fsp3) is 0.450. The number of carboxylic acids is 1. The van der Waals surface area contributed by atoms with Crippen LogP contribution in [0.1, 0.15) is 40.9 Å². The number of nitrogens with one attached hydrogen (secondary N) is 1. The molecule has 1 aromatic heterocycles. The van der Waals surface area contributed by atoms with Gasteiger partial charge in [0, 0.05) is 24.8 Å². The largest absolute Gasteiger partial charge is 0.481 e. The van der Waals surface area contributed by atoms with E-state index in [0.29, 0.717) is 6.42 Å². The zero-order chi connectivity index (χ0) is 19.4. The molecule has 0 saturated carbocycles. The van der Waals surface area contributed by atoms with Gasteiger partial charge in [0.15, 0.2) is 0 Å². The average Bonchev–Trinajstić information content (AvgIpc) is 2.84. The highest BCUT2D eigenvalue weighted by atomic mass is 16.4. The number of carbonyl (C=O) groups excluding carboxylic acids is 1. The summed E-state index contributed by atoms with van der Waals surface area (Å²) in [5, 5.41) is 16.6. The van der Waals surface area contributed by atoms with Crippen LogP contribution in [0, 0.1) is 26.7 Å². The van der Waals surface area contributed by atoms with Crippen LogP contribution in [-0.2, 0) is 23.1 Å². The Labute approximate surface area is 154 Å². The average molecular weight is 357 g/mol. The van der Waals surface area contributed by atoms with Gasteiger partial charge in [0.2, 0.25) is 5.91 Å². The van der Waals surface area contributed by atoms with Crippen LogP contribution < -0.4 is 5.32 Å². The molecule has 0 aliphatic rings. The number of amides is 1. The highest BCUT2D eigenvalue weighted by Gasteiger charge is 2.25. The van der Waals surface area contributed by atoms with Crippen molar-refractivity contribution in [1.29, 1.82) is 0 Å². The lowest BCUT2D eigenvalue weighted by Crippen LogP contribution is -2.36. The van der Waals surface area contributed by atoms with E-state index in [2.05, 4.69) is 10.4 Å². The van der Waals surface area contributed by atoms with Crippen LogP contribution in [0.3, 0.4) is 0 Å². The molecule has 0 fully saturated rings. The summed E-state index contributed by atoms with van der Waals surface area (Å²) in [5.41, 5.74) is 4.74. The smallest absolute Gasteiger partial charge is 0.308 e. The van der Waals surface area contributed by atoms with E-state index in [1.54, 1.807) is 4.68 Å². The molecule has 0 aliphatic carbocycles. The fourth-order valence-corrected chi connectivity index (χ4v) is 3.18. The molecular weight excluding hydrogens is 330 g/mol. The first kappa shape index (κ1) is 19.7. The minimum atomic E-state index is -0.910. The second-order valence-electron chi connectivity index (χ2n) is 6.90. The third-order valence-electron chi connectivity index (χ3n) is 4.87. The summed E-state index contributed by atoms with van der Waals surface area (Å²) in [7, 11) is 1.85. The quantitative estimate of drug-likeness (QED) is 0.797. The molecule has 1 heterocycles. The highest BCUT2D eigenvalue weighted by molar-refractivity contribution is 5.84. The van der Waals surface area contributed by atoms with Crippen LogP contribution in [0.4, 0.5) is 0 Å². The van der Waals surface area contributed by atoms with E-state index < -0.39 is 11.9 Å². The molecule has 0 radical (unpaired) electrons. The van der Waals surface area contributed by atoms with Crippen LogP contribution >= 0.6 is 0 Å². The maximum absolute atomic E-state index is 12.5. The lowest BCUT2D eigenvalue weighted by molar-refractivity contribution is -0.141. The van der Waals surface area contributed by atoms with E-state index in [1.807, 2.05) is 59.0 Å². The number of aryl methyl sites for hydroxylation is 3. The van der Waals surface area contributed by atoms with Gasteiger partial charge < -0.3 is 10.4 Å². The number of hydrogen-bond donors (Lipinski definition) is 2. The topological polar surface area (TPSA) is 84.2 Å². The molecule has 6 heteroatoms. The summed E-state index contributed by atoms with van der Waals surface area (Å²) in [6.07, 6.45) is 0.384. The number of carboxylic acid groups (broad SMARTS) is 1. The fourth-order valence-electron chi connectivity index (χ4n) is 3.18. The molecule has 2 rings (SSSR count). The predicted molar refractivity (Wildman–Crippen MR) is 100 cm³/mol. The van der Waals surface area contributed by atoms with Crippen molar-refractivity contribution in [1.82, 2.24) is 15.1 Å². The first-order valence-corrected chi connectivity index (χ1v) is 8.76. The van der Waals surface area contributed by atoms with Crippen molar-refractivity contribution in [3.8, 4) is 0 Å². The van der Waals surface area contributed by atoms with Crippen molar-refractivity contribution in [3.63, 3.8) is 0 Å². The van der Waals surface area contributed by atoms with E-state index in [1.165, 1.54) is 0 Å². The summed E-state index contributed by atoms with van der Waals surface area (Å²) >= 11 is 0. The molecule has 0 unspecified atom stereocenters. The first-order chi connectivity index (χ1) is 12.2. The number of carbonyl (C=O) groups is 2. The summed E-state index contributed by atoms with van der Waals surface area (Å²) in [5.74, 6) is -2.13. The van der Waals surface area contributed by atoms with Gasteiger partial charge in [-0.2, -0.15) is 5.10 Å². The number of benzene rings is 1. The molecule has 2 aromatic rings. The van der Waals surface area contributed by atoms with E-state index in [4.69, 9.17) is 0 Å². The Morgan fingerprint density at radius 1 is 1.19 bits per heavy atom. The van der Waals surface area contributed by atoms with Crippen LogP contribution in [0.25, 0.3) is 0 Å². The minimum Gasteiger partial charge on any atom is -0.481 e. The Balaban J connectivity index is 2.02. The maximum atomic E-state index is 12.5. The zero-order valence-electron chi connectivity index (χ0n) is 16.0. The van der Waals surface area contributed by atoms with Gasteiger partial charge >= 0.3 is 5.97 Å². The Hall–Kier alpha value is -2.63. The summed E-state index contributed by atoms with van der Waals surface area (Å²) in [4.78, 5) is 24.1. The Morgan fingerprint density at radius 2 is 1.81 bits per heavy atom. The van der Waals surface area contributed by atoms with Crippen molar-refractivity contribution in [3.05, 3.63) is 52.3 Å². The van der Waals surface area contributed by atoms with E-state index >= 15 is 0 Å². The van der Waals surface area contributed by atoms with Crippen LogP contribution in [0.2, 0.25) is 0 Å². The molecule has 0 aliphatic heterocycles. The third-order valence-corrected chi connectivity index (χ3v) is 4.87. The summed E-state index contributed by atoms with van der Waals surface area (Å²) < 4.78 is 1.76. The maximum Gasteiger partial charge on any atom is 0.308 e. The Kier molecular flexibility index (Phi) is 6.18. The molecule has 1 amide bonds. The number of rotatable bonds is 7. The van der Waals surface area contributed by atoms with Crippen molar-refractivity contribution < 1.29 is 14.7 Å². The monoisotopic (exact) mass is 357 g/mol. The number of aliphatic carboxylic acids is 1. The molecule has 26 heavy (non-hydrogen) atoms. The van der Waals surface area contributed by atoms with Gasteiger partial charge in [-0.1, -0.05) is 29.8 Å². The molecule has 2 atom stereocenters. The number of hydrogen-bond acceptors (Lipinski definition) is 3. The van der Waals surface area contributed by atoms with Gasteiger partial charge in [-0.05, 0) is 39.7 Å². The normalized spacial score (nSPS) is 13.3. The van der Waals surface area contributed by atoms with Crippen LogP contribution in [0.5, 0.6) is 0 Å². The van der Waals surface area contributed by atoms with E-state index in [0.717, 1.165) is 28.1 Å². The molecule has 0 bridgehead atoms. The number of nitrogens with zero attached hydrogens (tertiary/aromatic N) is 2. The third kappa shape index (κ3) is 4.50. The van der Waals surface area contributed by atoms with Crippen molar-refractivity contribution in [2.24, 2.45) is 13.0 Å². The standard InChI is InChI=1S/C20H27N3O3/c1-12-6-8-16(9-7-12)10-17(20(25)26)11-21-19(24)13(2)18-14(3)22-23(5)15(18)4/h6-9,13,17H,10-11H2,1-5H3,(H,21,24)(H,25,26)/t13-,17-/m1/s1. The summed E-state index contributed by atoms with van der Waals surface area (Å²) in [6.45, 7) is 7.72. The van der Waals surface area contributed by atoms with Gasteiger partial charge in [-0.25, -0.2) is 0 Å². The van der Waals surface area contributed by atoms with E-state index in [-0.39, 0.29) is 18.4 Å². The predicted octanol–water partition coefficient (Wildman–Crippen LogP) is 2.51. The molecule has 0 spiro atoms. The lowest BCUT2D eigenvalue weighted by atomic mass is 9.96. The molecule has 0 saturated heterocycles. The SMILES string of the molecule is Cc1ccc(C[C@H](CNC(=O)[C@H](C)c2c(C)nn(C)c2C)C(=O)O)cc1. The van der Waals surface area contributed by atoms with E-state index in [9.17, 15) is 14.7 Å². The number of aromatic nitrogens is 2. The van der Waals surface area contributed by atoms with Gasteiger partial charge in [0.25, 0.3) is 0 Å². The van der Waals surface area contributed by atoms with Gasteiger partial charge in [-0.3, -0.25) is 14.3 Å². The second kappa shape index (κ2) is 8.17. The van der Waals surface area contributed by atoms with Crippen molar-refractivity contribution in [2.75, 3.05) is 6.54 Å². The van der Waals surface area contributed by atoms with Crippen LogP contribution in [-0.4, -0.2) is 33.3 Å². The van der Waals surface area contributed by atoms with Gasteiger partial charge in [0.05, 0.1) is 17.5 Å². The van der Waals surface area contributed by atoms with Gasteiger partial charge in [0.1, 0.15) is 0 Å². The lowest BCUT2D eigenvalue weighted by Gasteiger charge is -2.17. The highest BCUT2D eigenvalue weighted by Crippen LogP contribution is 2.23. The molecule has 2 N–H and O–H groups in total. The van der Waals surface area contributed by atoms with Crippen molar-refractivity contribution in [2.45, 2.75) is 40.0 Å². The van der Waals surface area contributed by atoms with Crippen molar-refractivity contribution >= 4 is 11.9 Å². The summed E-state index contributed by atoms with van der Waals surface area (Å²) in [6, 6.07) is 7.78. The Morgan fingerprint density at radius 3 is 2.31 bits per heavy atom. The molecule has 140 valence electrons. The first-order valence-electron chi connectivity index (χ1n) is 8.76.